The Morgan fingerprint density at radius 3 is 2.89 bits per heavy atom. The fraction of sp³-hybridized carbons (Fsp3) is 0.250. The van der Waals surface area contributed by atoms with E-state index in [4.69, 9.17) is 28.9 Å². The number of aryl methyl sites for hydroxylation is 1. The molecule has 0 saturated carbocycles. The Balaban J connectivity index is 1.48. The number of halogens is 3. The maximum atomic E-state index is 13.5. The molecule has 140 valence electrons. The van der Waals surface area contributed by atoms with Gasteiger partial charge in [-0.3, -0.25) is 4.79 Å². The fourth-order valence-corrected chi connectivity index (χ4v) is 4.34. The number of hydrogen-bond donors (Lipinski definition) is 2. The van der Waals surface area contributed by atoms with Crippen molar-refractivity contribution in [1.82, 2.24) is 20.5 Å². The molecule has 27 heavy (non-hydrogen) atoms. The first-order valence-electron chi connectivity index (χ1n) is 7.93. The molecule has 0 aromatic carbocycles. The van der Waals surface area contributed by atoms with Crippen molar-refractivity contribution in [3.8, 4) is 0 Å². The average Bonchev–Trinajstić information content (AvgIpc) is 2.94. The van der Waals surface area contributed by atoms with Crippen LogP contribution in [0.3, 0.4) is 0 Å². The van der Waals surface area contributed by atoms with Crippen LogP contribution in [0.15, 0.2) is 12.3 Å². The van der Waals surface area contributed by atoms with Gasteiger partial charge in [0.05, 0.1) is 17.4 Å². The molecule has 0 atom stereocenters. The fourth-order valence-electron chi connectivity index (χ4n) is 2.97. The van der Waals surface area contributed by atoms with Gasteiger partial charge < -0.3 is 16.0 Å². The van der Waals surface area contributed by atoms with Crippen molar-refractivity contribution in [2.24, 2.45) is 0 Å². The molecule has 0 bridgehead atoms. The Morgan fingerprint density at radius 2 is 2.15 bits per heavy atom. The Hall–Kier alpha value is -2.23. The average molecular weight is 427 g/mol. The zero-order valence-electron chi connectivity index (χ0n) is 14.0. The number of rotatable bonds is 3. The van der Waals surface area contributed by atoms with E-state index in [9.17, 15) is 9.18 Å². The van der Waals surface area contributed by atoms with Gasteiger partial charge in [-0.15, -0.1) is 21.5 Å². The number of pyridine rings is 1. The van der Waals surface area contributed by atoms with E-state index < -0.39 is 5.95 Å². The van der Waals surface area contributed by atoms with Crippen LogP contribution in [-0.2, 0) is 0 Å². The highest BCUT2D eigenvalue weighted by molar-refractivity contribution is 7.21. The number of nitrogens with two attached hydrogens (primary N) is 1. The third-order valence-corrected chi connectivity index (χ3v) is 6.23. The van der Waals surface area contributed by atoms with E-state index >= 15 is 0 Å². The van der Waals surface area contributed by atoms with Crippen molar-refractivity contribution in [2.75, 3.05) is 23.7 Å². The summed E-state index contributed by atoms with van der Waals surface area (Å²) in [5.41, 5.74) is 7.74. The zero-order valence-corrected chi connectivity index (χ0v) is 16.3. The van der Waals surface area contributed by atoms with Gasteiger partial charge in [-0.25, -0.2) is 4.98 Å². The summed E-state index contributed by atoms with van der Waals surface area (Å²) in [6.07, 6.45) is 1.36. The molecule has 1 aliphatic heterocycles. The van der Waals surface area contributed by atoms with E-state index in [1.54, 1.807) is 13.0 Å². The molecule has 0 radical (unpaired) electrons. The second-order valence-corrected chi connectivity index (χ2v) is 7.89. The number of carbonyl (C=O) groups is 1. The number of carbonyl (C=O) groups excluding carboxylic acids is 1. The molecule has 1 amide bonds. The molecule has 3 aromatic heterocycles. The first-order valence-corrected chi connectivity index (χ1v) is 9.50. The predicted molar refractivity (Wildman–Crippen MR) is 104 cm³/mol. The van der Waals surface area contributed by atoms with Gasteiger partial charge in [-0.05, 0) is 13.0 Å². The van der Waals surface area contributed by atoms with Gasteiger partial charge in [0.2, 0.25) is 5.95 Å². The molecule has 4 heterocycles. The number of nitrogens with one attached hydrogen (secondary N) is 1. The summed E-state index contributed by atoms with van der Waals surface area (Å²) >= 11 is 13.1. The molecule has 3 N–H and O–H groups in total. The van der Waals surface area contributed by atoms with E-state index in [-0.39, 0.29) is 22.1 Å². The SMILES string of the molecule is Cc1c(Cl)nnc2sc(C(=O)NC3CN(c4ccnc(F)c4Cl)C3)c(N)c12. The van der Waals surface area contributed by atoms with Gasteiger partial charge in [-0.2, -0.15) is 4.39 Å². The lowest BCUT2D eigenvalue weighted by Crippen LogP contribution is -2.59. The first-order chi connectivity index (χ1) is 12.9. The molecule has 0 spiro atoms. The molecular formula is C16H13Cl2FN6OS. The Bertz CT molecular complexity index is 1070. The van der Waals surface area contributed by atoms with Crippen LogP contribution in [0.1, 0.15) is 15.2 Å². The summed E-state index contributed by atoms with van der Waals surface area (Å²) in [6.45, 7) is 2.79. The summed E-state index contributed by atoms with van der Waals surface area (Å²) < 4.78 is 13.5. The van der Waals surface area contributed by atoms with Crippen LogP contribution in [0.2, 0.25) is 10.2 Å². The third-order valence-electron chi connectivity index (χ3n) is 4.43. The van der Waals surface area contributed by atoms with Crippen LogP contribution in [0.5, 0.6) is 0 Å². The van der Waals surface area contributed by atoms with Gasteiger partial charge in [0.25, 0.3) is 5.91 Å². The Morgan fingerprint density at radius 1 is 1.41 bits per heavy atom. The summed E-state index contributed by atoms with van der Waals surface area (Å²) in [5.74, 6) is -1.00. The van der Waals surface area contributed by atoms with Crippen molar-refractivity contribution in [3.63, 3.8) is 0 Å². The molecule has 1 saturated heterocycles. The number of fused-ring (bicyclic) bond motifs is 1. The first kappa shape index (κ1) is 18.1. The summed E-state index contributed by atoms with van der Waals surface area (Å²) in [5, 5.41) is 11.7. The number of amides is 1. The van der Waals surface area contributed by atoms with E-state index in [1.807, 2.05) is 4.90 Å². The van der Waals surface area contributed by atoms with Crippen molar-refractivity contribution in [2.45, 2.75) is 13.0 Å². The van der Waals surface area contributed by atoms with Crippen LogP contribution < -0.4 is 16.0 Å². The van der Waals surface area contributed by atoms with Crippen molar-refractivity contribution >= 4 is 62.0 Å². The monoisotopic (exact) mass is 426 g/mol. The van der Waals surface area contributed by atoms with Gasteiger partial charge >= 0.3 is 0 Å². The normalized spacial score (nSPS) is 14.4. The van der Waals surface area contributed by atoms with Gasteiger partial charge in [0.1, 0.15) is 14.7 Å². The maximum Gasteiger partial charge on any atom is 0.263 e. The molecular weight excluding hydrogens is 414 g/mol. The van der Waals surface area contributed by atoms with E-state index in [2.05, 4.69) is 20.5 Å². The van der Waals surface area contributed by atoms with E-state index in [0.717, 1.165) is 0 Å². The summed E-state index contributed by atoms with van der Waals surface area (Å²) in [4.78, 5) is 18.9. The number of nitrogen functional groups attached to an aromatic ring is 1. The largest absolute Gasteiger partial charge is 0.397 e. The molecule has 0 unspecified atom stereocenters. The van der Waals surface area contributed by atoms with Gasteiger partial charge in [0, 0.05) is 30.2 Å². The van der Waals surface area contributed by atoms with Crippen LogP contribution in [0, 0.1) is 12.9 Å². The molecule has 7 nitrogen and oxygen atoms in total. The minimum Gasteiger partial charge on any atom is -0.397 e. The second-order valence-electron chi connectivity index (χ2n) is 6.15. The zero-order chi connectivity index (χ0) is 19.3. The Labute approximate surface area is 167 Å². The molecule has 0 aliphatic carbocycles. The number of anilines is 2. The maximum absolute atomic E-state index is 13.5. The lowest BCUT2D eigenvalue weighted by molar-refractivity contribution is 0.0935. The standard InChI is InChI=1S/C16H13Cl2FN6OS/c1-6-9-11(20)12(27-16(9)24-23-13(6)18)15(26)22-7-4-25(5-7)8-2-3-21-14(19)10(8)17/h2-3,7H,4-5,20H2,1H3,(H,22,26). The minimum absolute atomic E-state index is 0.0260. The van der Waals surface area contributed by atoms with E-state index in [0.29, 0.717) is 45.1 Å². The lowest BCUT2D eigenvalue weighted by Gasteiger charge is -2.41. The molecule has 1 aliphatic rings. The van der Waals surface area contributed by atoms with Gasteiger partial charge in [-0.1, -0.05) is 23.2 Å². The van der Waals surface area contributed by atoms with Crippen LogP contribution in [0.25, 0.3) is 10.2 Å². The van der Waals surface area contributed by atoms with Gasteiger partial charge in [0.15, 0.2) is 5.15 Å². The molecule has 4 rings (SSSR count). The third kappa shape index (κ3) is 3.05. The topological polar surface area (TPSA) is 97.0 Å². The number of aromatic nitrogens is 3. The van der Waals surface area contributed by atoms with Crippen LogP contribution in [-0.4, -0.2) is 40.2 Å². The highest BCUT2D eigenvalue weighted by Crippen LogP contribution is 2.36. The van der Waals surface area contributed by atoms with Crippen molar-refractivity contribution in [1.29, 1.82) is 0 Å². The Kier molecular flexibility index (Phi) is 4.53. The predicted octanol–water partition coefficient (Wildman–Crippen LogP) is 3.04. The smallest absolute Gasteiger partial charge is 0.263 e. The highest BCUT2D eigenvalue weighted by atomic mass is 35.5. The number of nitrogens with zero attached hydrogens (tertiary/aromatic N) is 4. The number of thiophene rings is 1. The minimum atomic E-state index is -0.713. The molecule has 1 fully saturated rings. The van der Waals surface area contributed by atoms with Crippen LogP contribution >= 0.6 is 34.5 Å². The van der Waals surface area contributed by atoms with E-state index in [1.165, 1.54) is 17.5 Å². The number of hydrogen-bond acceptors (Lipinski definition) is 7. The van der Waals surface area contributed by atoms with Crippen molar-refractivity contribution in [3.05, 3.63) is 38.8 Å². The quantitative estimate of drug-likeness (QED) is 0.624. The molecule has 3 aromatic rings. The van der Waals surface area contributed by atoms with Crippen LogP contribution in [0.4, 0.5) is 15.8 Å². The van der Waals surface area contributed by atoms with Crippen molar-refractivity contribution < 1.29 is 9.18 Å². The summed E-state index contributed by atoms with van der Waals surface area (Å²) in [6, 6.07) is 1.53. The lowest BCUT2D eigenvalue weighted by atomic mass is 10.1. The highest BCUT2D eigenvalue weighted by Gasteiger charge is 2.31. The second kappa shape index (κ2) is 6.74. The molecule has 11 heteroatoms. The summed E-state index contributed by atoms with van der Waals surface area (Å²) in [7, 11) is 0.